The molecule has 1 atom stereocenters. The van der Waals surface area contributed by atoms with Gasteiger partial charge in [0.1, 0.15) is 0 Å². The minimum atomic E-state index is -2.39. The van der Waals surface area contributed by atoms with Crippen LogP contribution in [0.3, 0.4) is 0 Å². The van der Waals surface area contributed by atoms with Crippen molar-refractivity contribution in [1.29, 1.82) is 0 Å². The van der Waals surface area contributed by atoms with Crippen LogP contribution in [0, 0.1) is 0 Å². The van der Waals surface area contributed by atoms with Crippen LogP contribution in [0.15, 0.2) is 0 Å². The smallest absolute Gasteiger partial charge is 0.251 e. The van der Waals surface area contributed by atoms with Crippen LogP contribution in [-0.4, -0.2) is 43.0 Å². The Balaban J connectivity index is 0.000000531. The lowest BCUT2D eigenvalue weighted by molar-refractivity contribution is -0.0944. The fraction of sp³-hybridized carbons (Fsp3) is 1.00. The van der Waals surface area contributed by atoms with Gasteiger partial charge in [-0.3, -0.25) is 0 Å². The second kappa shape index (κ2) is 5.21. The monoisotopic (exact) mass is 220 g/mol. The van der Waals surface area contributed by atoms with Crippen molar-refractivity contribution >= 4 is 0 Å². The highest BCUT2D eigenvalue weighted by atomic mass is 19.3. The van der Waals surface area contributed by atoms with Crippen molar-refractivity contribution in [2.24, 2.45) is 0 Å². The lowest BCUT2D eigenvalue weighted by Crippen LogP contribution is -2.52. The molecule has 0 amide bonds. The van der Waals surface area contributed by atoms with Crippen molar-refractivity contribution in [1.82, 2.24) is 10.2 Å². The highest BCUT2D eigenvalue weighted by Gasteiger charge is 2.45. The van der Waals surface area contributed by atoms with Crippen molar-refractivity contribution in [3.05, 3.63) is 0 Å². The van der Waals surface area contributed by atoms with Crippen LogP contribution in [0.2, 0.25) is 0 Å². The largest absolute Gasteiger partial charge is 0.309 e. The maximum absolute atomic E-state index is 12.5. The molecule has 90 valence electrons. The summed E-state index contributed by atoms with van der Waals surface area (Å²) < 4.78 is 25.0. The summed E-state index contributed by atoms with van der Waals surface area (Å²) in [6, 6.07) is 0.498. The van der Waals surface area contributed by atoms with E-state index in [2.05, 4.69) is 17.3 Å². The first-order chi connectivity index (χ1) is 7.05. The number of hydrogen-bond acceptors (Lipinski definition) is 2. The van der Waals surface area contributed by atoms with Crippen LogP contribution in [0.25, 0.3) is 0 Å². The molecule has 1 unspecified atom stereocenters. The summed E-state index contributed by atoms with van der Waals surface area (Å²) in [7, 11) is 2.07. The molecular formula is C11H22F2N2. The van der Waals surface area contributed by atoms with Gasteiger partial charge in [-0.25, -0.2) is 8.78 Å². The third kappa shape index (κ3) is 3.68. The standard InChI is InChI=1S/C9H16F2N2.C2H6/c1-13-3-2-7(6-13)12-8-4-9(10,11)5-8;1-2/h7-8,12H,2-6H2,1H3;1-2H3. The van der Waals surface area contributed by atoms with Crippen molar-refractivity contribution in [2.45, 2.75) is 51.1 Å². The van der Waals surface area contributed by atoms with Crippen LogP contribution in [0.1, 0.15) is 33.1 Å². The molecule has 1 aliphatic heterocycles. The zero-order valence-electron chi connectivity index (χ0n) is 9.89. The van der Waals surface area contributed by atoms with Crippen molar-refractivity contribution < 1.29 is 8.78 Å². The quantitative estimate of drug-likeness (QED) is 0.766. The Morgan fingerprint density at radius 3 is 2.20 bits per heavy atom. The van der Waals surface area contributed by atoms with Gasteiger partial charge in [-0.2, -0.15) is 0 Å². The van der Waals surface area contributed by atoms with E-state index in [9.17, 15) is 8.78 Å². The molecule has 1 heterocycles. The summed E-state index contributed by atoms with van der Waals surface area (Å²) in [6.07, 6.45) is 1.17. The summed E-state index contributed by atoms with van der Waals surface area (Å²) >= 11 is 0. The third-order valence-corrected chi connectivity index (χ3v) is 2.95. The lowest BCUT2D eigenvalue weighted by atomic mass is 9.87. The van der Waals surface area contributed by atoms with Gasteiger partial charge in [0.05, 0.1) is 0 Å². The summed E-state index contributed by atoms with van der Waals surface area (Å²) in [5.74, 6) is -2.39. The number of hydrogen-bond donors (Lipinski definition) is 1. The van der Waals surface area contributed by atoms with Gasteiger partial charge in [-0.15, -0.1) is 0 Å². The normalized spacial score (nSPS) is 30.6. The van der Waals surface area contributed by atoms with E-state index in [0.717, 1.165) is 19.5 Å². The summed E-state index contributed by atoms with van der Waals surface area (Å²) in [5.41, 5.74) is 0. The first kappa shape index (κ1) is 12.8. The highest BCUT2D eigenvalue weighted by Crippen LogP contribution is 2.37. The molecule has 0 aromatic carbocycles. The molecule has 1 saturated heterocycles. The fourth-order valence-electron chi connectivity index (χ4n) is 2.18. The summed E-state index contributed by atoms with van der Waals surface area (Å²) in [4.78, 5) is 2.23. The topological polar surface area (TPSA) is 15.3 Å². The molecule has 2 aliphatic rings. The predicted octanol–water partition coefficient (Wildman–Crippen LogP) is 2.10. The number of halogens is 2. The van der Waals surface area contributed by atoms with Crippen molar-refractivity contribution in [3.8, 4) is 0 Å². The Labute approximate surface area is 91.0 Å². The van der Waals surface area contributed by atoms with Gasteiger partial charge in [0.25, 0.3) is 5.92 Å². The van der Waals surface area contributed by atoms with E-state index >= 15 is 0 Å². The Hall–Kier alpha value is -0.220. The van der Waals surface area contributed by atoms with Crippen LogP contribution in [-0.2, 0) is 0 Å². The van der Waals surface area contributed by atoms with E-state index < -0.39 is 5.92 Å². The van der Waals surface area contributed by atoms with Crippen LogP contribution < -0.4 is 5.32 Å². The number of rotatable bonds is 2. The molecule has 0 radical (unpaired) electrons. The average molecular weight is 220 g/mol. The maximum atomic E-state index is 12.5. The molecule has 2 nitrogen and oxygen atoms in total. The molecule has 2 fully saturated rings. The highest BCUT2D eigenvalue weighted by molar-refractivity contribution is 4.94. The average Bonchev–Trinajstić information content (AvgIpc) is 2.52. The van der Waals surface area contributed by atoms with Gasteiger partial charge in [-0.05, 0) is 20.0 Å². The first-order valence-corrected chi connectivity index (χ1v) is 5.88. The number of likely N-dealkylation sites (tertiary alicyclic amines) is 1. The molecule has 4 heteroatoms. The van der Waals surface area contributed by atoms with Crippen LogP contribution in [0.4, 0.5) is 8.78 Å². The van der Waals surface area contributed by atoms with E-state index in [1.807, 2.05) is 13.8 Å². The van der Waals surface area contributed by atoms with Gasteiger partial charge < -0.3 is 10.2 Å². The van der Waals surface area contributed by atoms with E-state index in [-0.39, 0.29) is 18.9 Å². The second-order valence-electron chi connectivity index (χ2n) is 4.38. The fourth-order valence-corrected chi connectivity index (χ4v) is 2.18. The zero-order chi connectivity index (χ0) is 11.5. The molecule has 1 saturated carbocycles. The number of alkyl halides is 2. The zero-order valence-corrected chi connectivity index (χ0v) is 9.89. The molecule has 15 heavy (non-hydrogen) atoms. The molecule has 0 aromatic heterocycles. The lowest BCUT2D eigenvalue weighted by Gasteiger charge is -2.37. The predicted molar refractivity (Wildman–Crippen MR) is 58.4 cm³/mol. The minimum Gasteiger partial charge on any atom is -0.309 e. The van der Waals surface area contributed by atoms with Gasteiger partial charge in [-0.1, -0.05) is 13.8 Å². The first-order valence-electron chi connectivity index (χ1n) is 5.88. The van der Waals surface area contributed by atoms with Gasteiger partial charge in [0.15, 0.2) is 0 Å². The Bertz CT molecular complexity index is 189. The van der Waals surface area contributed by atoms with Gasteiger partial charge in [0, 0.05) is 31.5 Å². The van der Waals surface area contributed by atoms with Crippen LogP contribution in [0.5, 0.6) is 0 Å². The molecule has 0 aromatic rings. The molecular weight excluding hydrogens is 198 g/mol. The second-order valence-corrected chi connectivity index (χ2v) is 4.38. The SMILES string of the molecule is CC.CN1CCC(NC2CC(F)(F)C2)C1. The van der Waals surface area contributed by atoms with Gasteiger partial charge in [0.2, 0.25) is 0 Å². The third-order valence-electron chi connectivity index (χ3n) is 2.95. The molecule has 1 aliphatic carbocycles. The molecule has 2 rings (SSSR count). The van der Waals surface area contributed by atoms with Crippen LogP contribution >= 0.6 is 0 Å². The molecule has 0 spiro atoms. The summed E-state index contributed by atoms with van der Waals surface area (Å²) in [5, 5.41) is 3.28. The van der Waals surface area contributed by atoms with E-state index in [0.29, 0.717) is 6.04 Å². The van der Waals surface area contributed by atoms with E-state index in [1.165, 1.54) is 0 Å². The number of nitrogens with one attached hydrogen (secondary N) is 1. The maximum Gasteiger partial charge on any atom is 0.251 e. The Kier molecular flexibility index (Phi) is 4.46. The van der Waals surface area contributed by atoms with Gasteiger partial charge >= 0.3 is 0 Å². The molecule has 1 N–H and O–H groups in total. The van der Waals surface area contributed by atoms with Crippen molar-refractivity contribution in [3.63, 3.8) is 0 Å². The Morgan fingerprint density at radius 2 is 1.80 bits per heavy atom. The Morgan fingerprint density at radius 1 is 1.20 bits per heavy atom. The van der Waals surface area contributed by atoms with Crippen molar-refractivity contribution in [2.75, 3.05) is 20.1 Å². The number of nitrogens with zero attached hydrogens (tertiary/aromatic N) is 1. The summed E-state index contributed by atoms with van der Waals surface area (Å²) in [6.45, 7) is 6.09. The van der Waals surface area contributed by atoms with E-state index in [4.69, 9.17) is 0 Å². The minimum absolute atomic E-state index is 0.0349. The molecule has 0 bridgehead atoms. The van der Waals surface area contributed by atoms with E-state index in [1.54, 1.807) is 0 Å². The number of likely N-dealkylation sites (N-methyl/N-ethyl adjacent to an activating group) is 1.